The van der Waals surface area contributed by atoms with Crippen molar-refractivity contribution in [1.29, 1.82) is 0 Å². The molecule has 1 fully saturated rings. The minimum absolute atomic E-state index is 0.117. The number of hydrogen-bond acceptors (Lipinski definition) is 6. The zero-order valence-electron chi connectivity index (χ0n) is 19.5. The van der Waals surface area contributed by atoms with E-state index in [1.165, 1.54) is 24.8 Å². The number of nitrogens with zero attached hydrogens (tertiary/aromatic N) is 2. The van der Waals surface area contributed by atoms with E-state index in [4.69, 9.17) is 14.5 Å². The summed E-state index contributed by atoms with van der Waals surface area (Å²) in [6, 6.07) is 7.73. The molecule has 0 spiro atoms. The van der Waals surface area contributed by atoms with Crippen molar-refractivity contribution in [2.24, 2.45) is 0 Å². The summed E-state index contributed by atoms with van der Waals surface area (Å²) in [6.45, 7) is 2.03. The number of carbonyl (C=O) groups is 1. The van der Waals surface area contributed by atoms with Gasteiger partial charge < -0.3 is 19.1 Å². The summed E-state index contributed by atoms with van der Waals surface area (Å²) in [7, 11) is 1.67. The van der Waals surface area contributed by atoms with Crippen LogP contribution in [0.25, 0.3) is 22.3 Å². The molecule has 6 rings (SSSR count). The van der Waals surface area contributed by atoms with E-state index in [-0.39, 0.29) is 18.6 Å². The molecule has 1 aromatic carbocycles. The second-order valence-electron chi connectivity index (χ2n) is 9.67. The first kappa shape index (κ1) is 21.4. The smallest absolute Gasteiger partial charge is 0.343 e. The highest BCUT2D eigenvalue weighted by Gasteiger charge is 2.45. The number of hydrogen-bond donors (Lipinski definition) is 1. The van der Waals surface area contributed by atoms with Crippen molar-refractivity contribution in [3.63, 3.8) is 0 Å². The Morgan fingerprint density at radius 2 is 1.97 bits per heavy atom. The summed E-state index contributed by atoms with van der Waals surface area (Å²) in [5.41, 5.74) is 3.30. The molecule has 34 heavy (non-hydrogen) atoms. The molecule has 3 aromatic rings. The lowest BCUT2D eigenvalue weighted by Crippen LogP contribution is -2.44. The molecule has 176 valence electrons. The van der Waals surface area contributed by atoms with Gasteiger partial charge in [0.2, 0.25) is 0 Å². The lowest BCUT2D eigenvalue weighted by Gasteiger charge is -2.31. The van der Waals surface area contributed by atoms with Crippen LogP contribution in [0.2, 0.25) is 0 Å². The highest BCUT2D eigenvalue weighted by Crippen LogP contribution is 2.45. The Bertz CT molecular complexity index is 1400. The summed E-state index contributed by atoms with van der Waals surface area (Å²) < 4.78 is 12.5. The Morgan fingerprint density at radius 1 is 1.18 bits per heavy atom. The molecule has 0 unspecified atom stereocenters. The van der Waals surface area contributed by atoms with Crippen molar-refractivity contribution in [2.45, 2.75) is 70.1 Å². The summed E-state index contributed by atoms with van der Waals surface area (Å²) >= 11 is 0. The largest absolute Gasteiger partial charge is 0.497 e. The Balaban J connectivity index is 1.63. The highest BCUT2D eigenvalue weighted by molar-refractivity contribution is 5.90. The molecular formula is C27H28N2O5. The molecule has 7 nitrogen and oxygen atoms in total. The van der Waals surface area contributed by atoms with Gasteiger partial charge in [0.25, 0.3) is 5.56 Å². The summed E-state index contributed by atoms with van der Waals surface area (Å²) in [6.07, 6.45) is 5.99. The van der Waals surface area contributed by atoms with E-state index in [9.17, 15) is 14.7 Å². The first-order valence-electron chi connectivity index (χ1n) is 12.1. The normalized spacial score (nSPS) is 21.7. The number of carbonyl (C=O) groups excluding carboxylic acids is 1. The summed E-state index contributed by atoms with van der Waals surface area (Å²) in [4.78, 5) is 31.0. The predicted octanol–water partition coefficient (Wildman–Crippen LogP) is 4.14. The topological polar surface area (TPSA) is 90.7 Å². The van der Waals surface area contributed by atoms with E-state index < -0.39 is 11.6 Å². The van der Waals surface area contributed by atoms with Crippen LogP contribution >= 0.6 is 0 Å². The third kappa shape index (κ3) is 2.89. The van der Waals surface area contributed by atoms with Crippen LogP contribution < -0.4 is 10.3 Å². The van der Waals surface area contributed by atoms with E-state index in [2.05, 4.69) is 6.07 Å². The van der Waals surface area contributed by atoms with E-state index in [1.807, 2.05) is 12.1 Å². The molecule has 0 amide bonds. The molecule has 1 atom stereocenters. The lowest BCUT2D eigenvalue weighted by atomic mass is 9.80. The first-order valence-corrected chi connectivity index (χ1v) is 12.1. The lowest BCUT2D eigenvalue weighted by molar-refractivity contribution is -0.172. The number of aliphatic hydroxyl groups is 1. The molecule has 4 heterocycles. The number of ether oxygens (including phenoxy) is 2. The Labute approximate surface area is 197 Å². The van der Waals surface area contributed by atoms with Crippen LogP contribution in [0.3, 0.4) is 0 Å². The quantitative estimate of drug-likeness (QED) is 0.462. The summed E-state index contributed by atoms with van der Waals surface area (Å²) in [5, 5.41) is 12.2. The van der Waals surface area contributed by atoms with Gasteiger partial charge in [0.05, 0.1) is 36.1 Å². The van der Waals surface area contributed by atoms with E-state index in [1.54, 1.807) is 24.7 Å². The zero-order chi connectivity index (χ0) is 23.6. The number of aromatic nitrogens is 2. The summed E-state index contributed by atoms with van der Waals surface area (Å²) in [5.74, 6) is 0.488. The van der Waals surface area contributed by atoms with Gasteiger partial charge >= 0.3 is 5.97 Å². The fraction of sp³-hybridized carbons (Fsp3) is 0.444. The number of rotatable bonds is 3. The van der Waals surface area contributed by atoms with Gasteiger partial charge in [-0.15, -0.1) is 0 Å². The Morgan fingerprint density at radius 3 is 2.71 bits per heavy atom. The van der Waals surface area contributed by atoms with Crippen LogP contribution in [0.4, 0.5) is 0 Å². The standard InChI is InChI=1S/C27H28N2O5/c1-3-27(32)20-12-22-24-18(13-29(22)25(30)19(20)14-34-26(27)31)23(15-7-5-4-6-8-15)17-11-16(33-2)9-10-21(17)28-24/h9-12,15,32H,3-8,13-14H2,1-2H3/t27-/m0/s1. The van der Waals surface area contributed by atoms with Crippen molar-refractivity contribution in [2.75, 3.05) is 7.11 Å². The van der Waals surface area contributed by atoms with Crippen molar-refractivity contribution >= 4 is 16.9 Å². The van der Waals surface area contributed by atoms with Crippen molar-refractivity contribution in [1.82, 2.24) is 9.55 Å². The highest BCUT2D eigenvalue weighted by atomic mass is 16.6. The van der Waals surface area contributed by atoms with Crippen LogP contribution in [0.5, 0.6) is 5.75 Å². The molecule has 3 aliphatic rings. The number of methoxy groups -OCH3 is 1. The van der Waals surface area contributed by atoms with Crippen LogP contribution in [0.1, 0.15) is 73.6 Å². The average Bonchev–Trinajstić information content (AvgIpc) is 3.23. The van der Waals surface area contributed by atoms with Crippen molar-refractivity contribution < 1.29 is 19.4 Å². The van der Waals surface area contributed by atoms with E-state index in [0.29, 0.717) is 29.3 Å². The maximum Gasteiger partial charge on any atom is 0.343 e. The van der Waals surface area contributed by atoms with Gasteiger partial charge in [0.15, 0.2) is 5.60 Å². The minimum atomic E-state index is -1.82. The van der Waals surface area contributed by atoms with Crippen LogP contribution in [-0.2, 0) is 28.3 Å². The SMILES string of the molecule is CC[C@@]1(O)C(=O)OCc2c1cc1n(c2=O)Cc2c-1nc1ccc(OC)cc1c2C1CCCCC1. The number of esters is 1. The molecule has 1 aliphatic carbocycles. The third-order valence-electron chi connectivity index (χ3n) is 7.95. The zero-order valence-corrected chi connectivity index (χ0v) is 19.5. The minimum Gasteiger partial charge on any atom is -0.497 e. The van der Waals surface area contributed by atoms with Crippen LogP contribution in [-0.4, -0.2) is 27.7 Å². The number of fused-ring (bicyclic) bond motifs is 5. The second kappa shape index (κ2) is 7.67. The van der Waals surface area contributed by atoms with Crippen molar-refractivity contribution in [3.8, 4) is 17.1 Å². The molecule has 7 heteroatoms. The predicted molar refractivity (Wildman–Crippen MR) is 127 cm³/mol. The first-order chi connectivity index (χ1) is 16.5. The monoisotopic (exact) mass is 460 g/mol. The molecule has 2 aliphatic heterocycles. The number of cyclic esters (lactones) is 1. The maximum atomic E-state index is 13.6. The van der Waals surface area contributed by atoms with Gasteiger partial charge in [-0.2, -0.15) is 0 Å². The van der Waals surface area contributed by atoms with Gasteiger partial charge in [-0.05, 0) is 55.0 Å². The molecule has 0 bridgehead atoms. The molecular weight excluding hydrogens is 432 g/mol. The maximum absolute atomic E-state index is 13.6. The molecule has 1 N–H and O–H groups in total. The van der Waals surface area contributed by atoms with Crippen LogP contribution in [0.15, 0.2) is 29.1 Å². The third-order valence-corrected chi connectivity index (χ3v) is 7.95. The molecule has 1 saturated carbocycles. The Hall–Kier alpha value is -3.19. The average molecular weight is 461 g/mol. The van der Waals surface area contributed by atoms with E-state index >= 15 is 0 Å². The molecule has 0 radical (unpaired) electrons. The van der Waals surface area contributed by atoms with E-state index in [0.717, 1.165) is 40.8 Å². The number of pyridine rings is 2. The van der Waals surface area contributed by atoms with Gasteiger partial charge in [-0.1, -0.05) is 26.2 Å². The fourth-order valence-corrected chi connectivity index (χ4v) is 6.07. The van der Waals surface area contributed by atoms with Crippen LogP contribution in [0, 0.1) is 0 Å². The second-order valence-corrected chi connectivity index (χ2v) is 9.67. The molecule has 0 saturated heterocycles. The van der Waals surface area contributed by atoms with Gasteiger partial charge in [-0.25, -0.2) is 9.78 Å². The van der Waals surface area contributed by atoms with Gasteiger partial charge in [-0.3, -0.25) is 4.79 Å². The van der Waals surface area contributed by atoms with Gasteiger partial charge in [0.1, 0.15) is 12.4 Å². The van der Waals surface area contributed by atoms with Gasteiger partial charge in [0, 0.05) is 16.5 Å². The molecule has 2 aromatic heterocycles. The Kier molecular flexibility index (Phi) is 4.81. The van der Waals surface area contributed by atoms with Crippen molar-refractivity contribution in [3.05, 3.63) is 56.9 Å². The fourth-order valence-electron chi connectivity index (χ4n) is 6.07. The number of benzene rings is 1.